The molecule has 13 heavy (non-hydrogen) atoms. The number of hydrogen-bond acceptors (Lipinski definition) is 6. The summed E-state index contributed by atoms with van der Waals surface area (Å²) in [5, 5.41) is 19.5. The molecule has 0 rings (SSSR count). The second-order valence-corrected chi connectivity index (χ2v) is 1.85. The molecule has 0 atom stereocenters. The Morgan fingerprint density at radius 1 is 0.923 bits per heavy atom. The summed E-state index contributed by atoms with van der Waals surface area (Å²) in [4.78, 5) is 19.5. The van der Waals surface area contributed by atoms with Crippen LogP contribution in [0.15, 0.2) is 0 Å². The van der Waals surface area contributed by atoms with E-state index in [1.54, 1.807) is 0 Å². The fourth-order valence-corrected chi connectivity index (χ4v) is 0.429. The maximum atomic E-state index is 9.76. The van der Waals surface area contributed by atoms with Gasteiger partial charge in [-0.15, -0.1) is 0 Å². The van der Waals surface area contributed by atoms with Crippen molar-refractivity contribution in [3.8, 4) is 0 Å². The molecule has 0 amide bonds. The van der Waals surface area contributed by atoms with Crippen molar-refractivity contribution in [1.82, 2.24) is 0 Å². The third-order valence-corrected chi connectivity index (χ3v) is 0.812. The molecular weight excluding hydrogens is 208 g/mol. The molecule has 0 aromatic heterocycles. The summed E-state index contributed by atoms with van der Waals surface area (Å²) >= 11 is 0. The van der Waals surface area contributed by atoms with E-state index in [1.807, 2.05) is 0 Å². The van der Waals surface area contributed by atoms with E-state index in [4.69, 9.17) is 0 Å². The quantitative estimate of drug-likeness (QED) is 0.319. The largest absolute Gasteiger partial charge is 2.00 e. The molecule has 0 fully saturated rings. The molecule has 0 unspecified atom stereocenters. The number of carbonyl (C=O) groups is 2. The zero-order valence-electron chi connectivity index (χ0n) is 6.99. The van der Waals surface area contributed by atoms with Gasteiger partial charge in [-0.2, -0.15) is 0 Å². The van der Waals surface area contributed by atoms with Gasteiger partial charge in [0.2, 0.25) is 0 Å². The van der Waals surface area contributed by atoms with Gasteiger partial charge in [0.1, 0.15) is 0 Å². The number of carboxylic acid groups (broad SMARTS) is 2. The molecule has 0 aliphatic heterocycles. The van der Waals surface area contributed by atoms with Crippen LogP contribution < -0.4 is 10.2 Å². The molecule has 0 heterocycles. The van der Waals surface area contributed by atoms with Gasteiger partial charge in [0, 0.05) is 0 Å². The van der Waals surface area contributed by atoms with Crippen LogP contribution in [0.2, 0.25) is 0 Å². The smallest absolute Gasteiger partial charge is 0.548 e. The van der Waals surface area contributed by atoms with E-state index < -0.39 is 25.2 Å². The molecule has 0 saturated heterocycles. The van der Waals surface area contributed by atoms with E-state index in [-0.39, 0.29) is 51.0 Å². The second-order valence-electron chi connectivity index (χ2n) is 1.85. The molecule has 0 aliphatic rings. The Bertz CT molecular complexity index is 141. The van der Waals surface area contributed by atoms with Crippen molar-refractivity contribution in [3.63, 3.8) is 0 Å². The molecule has 0 aromatic rings. The summed E-state index contributed by atoms with van der Waals surface area (Å²) in [6.07, 6.45) is 0. The number of ether oxygens (including phenoxy) is 2. The van der Waals surface area contributed by atoms with Crippen molar-refractivity contribution in [1.29, 1.82) is 0 Å². The molecular formula is C6H8CaO6. The molecule has 0 saturated carbocycles. The van der Waals surface area contributed by atoms with Crippen LogP contribution in [0.5, 0.6) is 0 Å². The first-order valence-electron chi connectivity index (χ1n) is 3.18. The number of hydrogen-bond donors (Lipinski definition) is 0. The van der Waals surface area contributed by atoms with Crippen molar-refractivity contribution in [2.24, 2.45) is 0 Å². The topological polar surface area (TPSA) is 98.7 Å². The third-order valence-electron chi connectivity index (χ3n) is 0.812. The molecule has 0 aliphatic carbocycles. The number of carbonyl (C=O) groups excluding carboxylic acids is 2. The molecule has 6 nitrogen and oxygen atoms in total. The number of carboxylic acids is 2. The van der Waals surface area contributed by atoms with Crippen molar-refractivity contribution in [3.05, 3.63) is 0 Å². The summed E-state index contributed by atoms with van der Waals surface area (Å²) in [5.41, 5.74) is 0. The van der Waals surface area contributed by atoms with Crippen LogP contribution in [-0.4, -0.2) is 76.1 Å². The monoisotopic (exact) mass is 216 g/mol. The third kappa shape index (κ3) is 14.9. The van der Waals surface area contributed by atoms with Crippen LogP contribution in [0, 0.1) is 0 Å². The number of aliphatic carboxylic acids is 2. The summed E-state index contributed by atoms with van der Waals surface area (Å²) in [5.74, 6) is -2.65. The first kappa shape index (κ1) is 15.6. The van der Waals surface area contributed by atoms with E-state index in [2.05, 4.69) is 9.47 Å². The van der Waals surface area contributed by atoms with Gasteiger partial charge in [0.05, 0.1) is 38.4 Å². The van der Waals surface area contributed by atoms with Gasteiger partial charge in [-0.25, -0.2) is 0 Å². The minimum Gasteiger partial charge on any atom is -0.548 e. The molecule has 0 aromatic carbocycles. The fourth-order valence-electron chi connectivity index (χ4n) is 0.429. The normalized spacial score (nSPS) is 8.92. The van der Waals surface area contributed by atoms with Crippen LogP contribution in [-0.2, 0) is 19.1 Å². The molecule has 0 N–H and O–H groups in total. The van der Waals surface area contributed by atoms with Crippen molar-refractivity contribution in [2.45, 2.75) is 0 Å². The Morgan fingerprint density at radius 2 is 1.23 bits per heavy atom. The minimum absolute atomic E-state index is 0. The Morgan fingerprint density at radius 3 is 1.46 bits per heavy atom. The van der Waals surface area contributed by atoms with Crippen LogP contribution in [0.1, 0.15) is 0 Å². The van der Waals surface area contributed by atoms with E-state index in [0.29, 0.717) is 0 Å². The van der Waals surface area contributed by atoms with Gasteiger partial charge in [0.15, 0.2) is 0 Å². The first-order chi connectivity index (χ1) is 5.63. The van der Waals surface area contributed by atoms with Crippen LogP contribution in [0.3, 0.4) is 0 Å². The van der Waals surface area contributed by atoms with Crippen molar-refractivity contribution in [2.75, 3.05) is 26.4 Å². The standard InChI is InChI=1S/C6H10O6.Ca/c7-5(8)3-11-1-2-12-4-6(9)10;/h1-4H2,(H,7,8)(H,9,10);/q;+2/p-2. The Balaban J connectivity index is 0. The number of rotatable bonds is 7. The zero-order chi connectivity index (χ0) is 9.40. The molecule has 0 radical (unpaired) electrons. The molecule has 7 heteroatoms. The fraction of sp³-hybridized carbons (Fsp3) is 0.667. The van der Waals surface area contributed by atoms with E-state index in [0.717, 1.165) is 0 Å². The Labute approximate surface area is 105 Å². The van der Waals surface area contributed by atoms with Gasteiger partial charge < -0.3 is 29.3 Å². The minimum atomic E-state index is -1.32. The van der Waals surface area contributed by atoms with Gasteiger partial charge in [-0.3, -0.25) is 0 Å². The Kier molecular flexibility index (Phi) is 12.2. The summed E-state index contributed by atoms with van der Waals surface area (Å²) in [7, 11) is 0. The Hall–Kier alpha value is 0.120. The molecule has 0 bridgehead atoms. The maximum absolute atomic E-state index is 9.76. The SMILES string of the molecule is O=C([O-])COCCOCC(=O)[O-].[Ca+2]. The molecule has 70 valence electrons. The summed E-state index contributed by atoms with van der Waals surface area (Å²) in [6, 6.07) is 0. The van der Waals surface area contributed by atoms with Gasteiger partial charge in [0.25, 0.3) is 0 Å². The zero-order valence-corrected chi connectivity index (χ0v) is 9.19. The molecule has 0 spiro atoms. The maximum Gasteiger partial charge on any atom is 2.00 e. The van der Waals surface area contributed by atoms with E-state index in [9.17, 15) is 19.8 Å². The van der Waals surface area contributed by atoms with Gasteiger partial charge in [-0.05, 0) is 0 Å². The van der Waals surface area contributed by atoms with Gasteiger partial charge >= 0.3 is 37.7 Å². The van der Waals surface area contributed by atoms with Crippen LogP contribution in [0.4, 0.5) is 0 Å². The van der Waals surface area contributed by atoms with E-state index in [1.165, 1.54) is 0 Å². The average Bonchev–Trinajstić information content (AvgIpc) is 1.95. The average molecular weight is 216 g/mol. The predicted octanol–water partition coefficient (Wildman–Crippen LogP) is -3.86. The van der Waals surface area contributed by atoms with Crippen molar-refractivity contribution < 1.29 is 29.3 Å². The van der Waals surface area contributed by atoms with Crippen LogP contribution in [0.25, 0.3) is 0 Å². The van der Waals surface area contributed by atoms with E-state index >= 15 is 0 Å². The second kappa shape index (κ2) is 10.2. The first-order valence-corrected chi connectivity index (χ1v) is 3.18. The van der Waals surface area contributed by atoms with Crippen LogP contribution >= 0.6 is 0 Å². The van der Waals surface area contributed by atoms with Gasteiger partial charge in [-0.1, -0.05) is 0 Å². The summed E-state index contributed by atoms with van der Waals surface area (Å²) < 4.78 is 8.95. The van der Waals surface area contributed by atoms with Crippen molar-refractivity contribution >= 4 is 49.7 Å². The predicted molar refractivity (Wildman–Crippen MR) is 37.4 cm³/mol. The summed E-state index contributed by atoms with van der Waals surface area (Å²) in [6.45, 7) is -1.01.